The van der Waals surface area contributed by atoms with Gasteiger partial charge in [0.15, 0.2) is 0 Å². The molecule has 1 fully saturated rings. The second kappa shape index (κ2) is 6.24. The van der Waals surface area contributed by atoms with Crippen molar-refractivity contribution in [1.29, 1.82) is 0 Å². The van der Waals surface area contributed by atoms with E-state index >= 15 is 0 Å². The number of nitrogens with two attached hydrogens (primary N) is 1. The summed E-state index contributed by atoms with van der Waals surface area (Å²) in [4.78, 5) is 16.0. The summed E-state index contributed by atoms with van der Waals surface area (Å²) in [6.45, 7) is 2.27. The first-order valence-electron chi connectivity index (χ1n) is 6.78. The molecule has 1 saturated carbocycles. The van der Waals surface area contributed by atoms with Crippen molar-refractivity contribution in [3.8, 4) is 0 Å². The lowest BCUT2D eigenvalue weighted by molar-refractivity contribution is 0.0933. The van der Waals surface area contributed by atoms with Gasteiger partial charge in [0, 0.05) is 12.2 Å². The van der Waals surface area contributed by atoms with E-state index in [0.29, 0.717) is 10.6 Å². The van der Waals surface area contributed by atoms with Crippen LogP contribution in [-0.2, 0) is 0 Å². The third-order valence-electron chi connectivity index (χ3n) is 3.72. The quantitative estimate of drug-likeness (QED) is 0.819. The molecular formula is C14H20ClN3O. The number of amides is 1. The molecule has 1 aliphatic carbocycles. The molecule has 1 heterocycles. The Morgan fingerprint density at radius 3 is 2.95 bits per heavy atom. The number of nitrogen functional groups attached to an aromatic ring is 1. The highest BCUT2D eigenvalue weighted by atomic mass is 35.5. The molecule has 0 spiro atoms. The molecule has 0 aliphatic heterocycles. The van der Waals surface area contributed by atoms with Crippen molar-refractivity contribution in [2.24, 2.45) is 5.92 Å². The Morgan fingerprint density at radius 1 is 1.42 bits per heavy atom. The topological polar surface area (TPSA) is 68.0 Å². The average molecular weight is 282 g/mol. The SMILES string of the molecule is CC1CCCC(NC(=O)c2cnc(N)c(Cl)c2)CC1. The molecule has 1 amide bonds. The van der Waals surface area contributed by atoms with E-state index < -0.39 is 0 Å². The predicted molar refractivity (Wildman–Crippen MR) is 77.2 cm³/mol. The zero-order valence-corrected chi connectivity index (χ0v) is 11.9. The summed E-state index contributed by atoms with van der Waals surface area (Å²) >= 11 is 5.88. The second-order valence-electron chi connectivity index (χ2n) is 5.37. The zero-order valence-electron chi connectivity index (χ0n) is 11.2. The summed E-state index contributed by atoms with van der Waals surface area (Å²) in [6.07, 6.45) is 7.16. The zero-order chi connectivity index (χ0) is 13.8. The summed E-state index contributed by atoms with van der Waals surface area (Å²) in [5.74, 6) is 0.894. The van der Waals surface area contributed by atoms with E-state index in [0.717, 1.165) is 18.8 Å². The number of hydrogen-bond acceptors (Lipinski definition) is 3. The minimum atomic E-state index is -0.117. The van der Waals surface area contributed by atoms with Crippen LogP contribution >= 0.6 is 11.6 Å². The Labute approximate surface area is 118 Å². The van der Waals surface area contributed by atoms with Gasteiger partial charge in [-0.15, -0.1) is 0 Å². The van der Waals surface area contributed by atoms with Gasteiger partial charge in [-0.2, -0.15) is 0 Å². The first-order valence-corrected chi connectivity index (χ1v) is 7.16. The Morgan fingerprint density at radius 2 is 2.21 bits per heavy atom. The fourth-order valence-electron chi connectivity index (χ4n) is 2.47. The number of hydrogen-bond donors (Lipinski definition) is 2. The van der Waals surface area contributed by atoms with Crippen LogP contribution in [0.25, 0.3) is 0 Å². The van der Waals surface area contributed by atoms with Crippen LogP contribution in [0.5, 0.6) is 0 Å². The minimum absolute atomic E-state index is 0.117. The smallest absolute Gasteiger partial charge is 0.253 e. The van der Waals surface area contributed by atoms with E-state index in [2.05, 4.69) is 17.2 Å². The van der Waals surface area contributed by atoms with Gasteiger partial charge in [0.05, 0.1) is 10.6 Å². The van der Waals surface area contributed by atoms with Crippen LogP contribution in [-0.4, -0.2) is 16.9 Å². The van der Waals surface area contributed by atoms with E-state index in [1.54, 1.807) is 6.07 Å². The van der Waals surface area contributed by atoms with E-state index in [1.165, 1.54) is 25.5 Å². The number of carbonyl (C=O) groups is 1. The Hall–Kier alpha value is -1.29. The van der Waals surface area contributed by atoms with Gasteiger partial charge in [0.25, 0.3) is 5.91 Å². The largest absolute Gasteiger partial charge is 0.382 e. The molecule has 1 aromatic heterocycles. The van der Waals surface area contributed by atoms with E-state index in [4.69, 9.17) is 17.3 Å². The number of aromatic nitrogens is 1. The maximum atomic E-state index is 12.1. The molecule has 104 valence electrons. The summed E-state index contributed by atoms with van der Waals surface area (Å²) in [5.41, 5.74) is 6.00. The van der Waals surface area contributed by atoms with Gasteiger partial charge in [-0.25, -0.2) is 4.98 Å². The lowest BCUT2D eigenvalue weighted by Gasteiger charge is -2.16. The number of rotatable bonds is 2. The molecule has 19 heavy (non-hydrogen) atoms. The summed E-state index contributed by atoms with van der Waals surface area (Å²) in [6, 6.07) is 1.83. The third kappa shape index (κ3) is 3.83. The molecule has 5 heteroatoms. The van der Waals surface area contributed by atoms with Crippen LogP contribution in [0.15, 0.2) is 12.3 Å². The van der Waals surface area contributed by atoms with Crippen molar-refractivity contribution in [1.82, 2.24) is 10.3 Å². The van der Waals surface area contributed by atoms with Crippen LogP contribution in [0, 0.1) is 5.92 Å². The normalized spacial score (nSPS) is 23.7. The van der Waals surface area contributed by atoms with Crippen LogP contribution in [0.1, 0.15) is 49.4 Å². The lowest BCUT2D eigenvalue weighted by atomic mass is 10.0. The monoisotopic (exact) mass is 281 g/mol. The highest BCUT2D eigenvalue weighted by molar-refractivity contribution is 6.33. The predicted octanol–water partition coefficient (Wildman–Crippen LogP) is 3.02. The van der Waals surface area contributed by atoms with Crippen molar-refractivity contribution in [2.75, 3.05) is 5.73 Å². The molecule has 1 aliphatic rings. The van der Waals surface area contributed by atoms with Crippen LogP contribution in [0.2, 0.25) is 5.02 Å². The molecule has 0 radical (unpaired) electrons. The van der Waals surface area contributed by atoms with Gasteiger partial charge in [0.1, 0.15) is 5.82 Å². The van der Waals surface area contributed by atoms with Gasteiger partial charge >= 0.3 is 0 Å². The average Bonchev–Trinajstić information content (AvgIpc) is 2.58. The Kier molecular flexibility index (Phi) is 4.64. The van der Waals surface area contributed by atoms with E-state index in [-0.39, 0.29) is 17.8 Å². The fourth-order valence-corrected chi connectivity index (χ4v) is 2.64. The molecule has 2 rings (SSSR count). The van der Waals surface area contributed by atoms with Gasteiger partial charge in [-0.1, -0.05) is 31.4 Å². The summed E-state index contributed by atoms with van der Waals surface area (Å²) in [7, 11) is 0. The first kappa shape index (κ1) is 14.1. The first-order chi connectivity index (χ1) is 9.06. The maximum absolute atomic E-state index is 12.1. The molecule has 2 unspecified atom stereocenters. The molecule has 1 aromatic rings. The van der Waals surface area contributed by atoms with Crippen molar-refractivity contribution in [2.45, 2.75) is 45.1 Å². The third-order valence-corrected chi connectivity index (χ3v) is 4.03. The molecule has 0 aromatic carbocycles. The maximum Gasteiger partial charge on any atom is 0.253 e. The van der Waals surface area contributed by atoms with E-state index in [9.17, 15) is 4.79 Å². The second-order valence-corrected chi connectivity index (χ2v) is 5.78. The molecule has 0 saturated heterocycles. The highest BCUT2D eigenvalue weighted by Gasteiger charge is 2.19. The molecule has 4 nitrogen and oxygen atoms in total. The highest BCUT2D eigenvalue weighted by Crippen LogP contribution is 2.23. The van der Waals surface area contributed by atoms with Crippen molar-refractivity contribution in [3.63, 3.8) is 0 Å². The van der Waals surface area contributed by atoms with Gasteiger partial charge in [0.2, 0.25) is 0 Å². The molecular weight excluding hydrogens is 262 g/mol. The van der Waals surface area contributed by atoms with E-state index in [1.807, 2.05) is 0 Å². The fraction of sp³-hybridized carbons (Fsp3) is 0.571. The lowest BCUT2D eigenvalue weighted by Crippen LogP contribution is -2.34. The Balaban J connectivity index is 1.98. The number of nitrogens with one attached hydrogen (secondary N) is 1. The van der Waals surface area contributed by atoms with Crippen molar-refractivity contribution in [3.05, 3.63) is 22.8 Å². The molecule has 0 bridgehead atoms. The summed E-state index contributed by atoms with van der Waals surface area (Å²) in [5, 5.41) is 3.39. The molecule has 3 N–H and O–H groups in total. The summed E-state index contributed by atoms with van der Waals surface area (Å²) < 4.78 is 0. The standard InChI is InChI=1S/C14H20ClN3O/c1-9-3-2-4-11(6-5-9)18-14(19)10-7-12(15)13(16)17-8-10/h7-9,11H,2-6H2,1H3,(H2,16,17)(H,18,19). The van der Waals surface area contributed by atoms with Crippen molar-refractivity contribution < 1.29 is 4.79 Å². The minimum Gasteiger partial charge on any atom is -0.382 e. The van der Waals surface area contributed by atoms with Crippen LogP contribution < -0.4 is 11.1 Å². The number of carbonyl (C=O) groups excluding carboxylic acids is 1. The van der Waals surface area contributed by atoms with Gasteiger partial charge in [-0.3, -0.25) is 4.79 Å². The van der Waals surface area contributed by atoms with Crippen LogP contribution in [0.3, 0.4) is 0 Å². The number of pyridine rings is 1. The Bertz CT molecular complexity index is 464. The number of anilines is 1. The number of halogens is 1. The molecule has 2 atom stereocenters. The number of nitrogens with zero attached hydrogens (tertiary/aromatic N) is 1. The van der Waals surface area contributed by atoms with Gasteiger partial charge < -0.3 is 11.1 Å². The van der Waals surface area contributed by atoms with Crippen LogP contribution in [0.4, 0.5) is 5.82 Å². The van der Waals surface area contributed by atoms with Gasteiger partial charge in [-0.05, 0) is 31.2 Å². The van der Waals surface area contributed by atoms with Crippen molar-refractivity contribution >= 4 is 23.3 Å².